The number of nitro groups is 1. The van der Waals surface area contributed by atoms with E-state index in [1.807, 2.05) is 18.2 Å². The van der Waals surface area contributed by atoms with E-state index in [-0.39, 0.29) is 23.1 Å². The molecule has 3 N–H and O–H groups in total. The van der Waals surface area contributed by atoms with E-state index in [1.165, 1.54) is 18.2 Å². The molecule has 0 fully saturated rings. The third-order valence-corrected chi connectivity index (χ3v) is 4.30. The first kappa shape index (κ1) is 22.2. The Bertz CT molecular complexity index is 862. The first-order chi connectivity index (χ1) is 13.1. The Balaban J connectivity index is 2.01. The Hall–Kier alpha value is -2.13. The Morgan fingerprint density at radius 2 is 1.79 bits per heavy atom. The van der Waals surface area contributed by atoms with Crippen LogP contribution in [0.15, 0.2) is 54.6 Å². The van der Waals surface area contributed by atoms with E-state index in [9.17, 15) is 14.9 Å². The second kappa shape index (κ2) is 9.88. The van der Waals surface area contributed by atoms with E-state index in [4.69, 9.17) is 47.0 Å². The fourth-order valence-electron chi connectivity index (χ4n) is 2.19. The molecular formula is C17H15Cl3N4O3S. The molecule has 0 aromatic heterocycles. The molecule has 0 aliphatic carbocycles. The highest BCUT2D eigenvalue weighted by Crippen LogP contribution is 2.29. The monoisotopic (exact) mass is 460 g/mol. The van der Waals surface area contributed by atoms with Gasteiger partial charge < -0.3 is 16.0 Å². The standard InChI is InChI=1S/C17H15Cl3N4O3S/c18-17(19,20)15(22-14(25)9-11-5-2-1-3-6-11)23-16(28)21-12-7-4-8-13(10-12)24(26)27/h1-8,10,15H,9H2,(H,22,25)(H2,21,23,28). The highest BCUT2D eigenvalue weighted by Gasteiger charge is 2.34. The summed E-state index contributed by atoms with van der Waals surface area (Å²) in [6.07, 6.45) is -1.04. The number of thiocarbonyl (C=S) groups is 1. The molecule has 0 radical (unpaired) electrons. The van der Waals surface area contributed by atoms with Gasteiger partial charge in [-0.2, -0.15) is 0 Å². The molecule has 1 atom stereocenters. The number of benzene rings is 2. The predicted molar refractivity (Wildman–Crippen MR) is 115 cm³/mol. The van der Waals surface area contributed by atoms with Gasteiger partial charge in [0.1, 0.15) is 6.17 Å². The van der Waals surface area contributed by atoms with Gasteiger partial charge in [-0.25, -0.2) is 0 Å². The van der Waals surface area contributed by atoms with Crippen LogP contribution in [0.1, 0.15) is 5.56 Å². The van der Waals surface area contributed by atoms with Gasteiger partial charge in [-0.05, 0) is 23.8 Å². The van der Waals surface area contributed by atoms with E-state index in [0.717, 1.165) is 5.56 Å². The number of amides is 1. The lowest BCUT2D eigenvalue weighted by atomic mass is 10.1. The van der Waals surface area contributed by atoms with E-state index >= 15 is 0 Å². The largest absolute Gasteiger partial charge is 0.339 e. The summed E-state index contributed by atoms with van der Waals surface area (Å²) in [6, 6.07) is 14.8. The molecule has 7 nitrogen and oxygen atoms in total. The van der Waals surface area contributed by atoms with Crippen LogP contribution in [0.4, 0.5) is 11.4 Å². The van der Waals surface area contributed by atoms with Crippen molar-refractivity contribution in [2.24, 2.45) is 0 Å². The zero-order chi connectivity index (χ0) is 20.7. The number of halogens is 3. The summed E-state index contributed by atoms with van der Waals surface area (Å²) in [7, 11) is 0. The Morgan fingerprint density at radius 3 is 2.39 bits per heavy atom. The van der Waals surface area contributed by atoms with Crippen LogP contribution >= 0.6 is 47.0 Å². The molecule has 11 heteroatoms. The van der Waals surface area contributed by atoms with Gasteiger partial charge in [-0.3, -0.25) is 14.9 Å². The van der Waals surface area contributed by atoms with Crippen molar-refractivity contribution in [3.05, 3.63) is 70.3 Å². The van der Waals surface area contributed by atoms with Crippen LogP contribution < -0.4 is 16.0 Å². The van der Waals surface area contributed by atoms with E-state index in [2.05, 4.69) is 16.0 Å². The number of alkyl halides is 3. The van der Waals surface area contributed by atoms with Crippen molar-refractivity contribution in [2.45, 2.75) is 16.4 Å². The normalized spacial score (nSPS) is 12.0. The van der Waals surface area contributed by atoms with Gasteiger partial charge in [-0.1, -0.05) is 71.2 Å². The Labute approximate surface area is 181 Å². The summed E-state index contributed by atoms with van der Waals surface area (Å²) >= 11 is 23.0. The third kappa shape index (κ3) is 7.12. The van der Waals surface area contributed by atoms with Crippen LogP contribution in [0.25, 0.3) is 0 Å². The fourth-order valence-corrected chi connectivity index (χ4v) is 2.75. The van der Waals surface area contributed by atoms with Gasteiger partial charge in [0.25, 0.3) is 5.69 Å². The van der Waals surface area contributed by atoms with Crippen molar-refractivity contribution in [1.29, 1.82) is 0 Å². The van der Waals surface area contributed by atoms with Crippen LogP contribution in [0.5, 0.6) is 0 Å². The van der Waals surface area contributed by atoms with Crippen molar-refractivity contribution in [1.82, 2.24) is 10.6 Å². The van der Waals surface area contributed by atoms with Gasteiger partial charge in [0.05, 0.1) is 11.3 Å². The number of carbonyl (C=O) groups excluding carboxylic acids is 1. The number of nitrogens with zero attached hydrogens (tertiary/aromatic N) is 1. The molecule has 2 rings (SSSR count). The Kier molecular flexibility index (Phi) is 7.82. The predicted octanol–water partition coefficient (Wildman–Crippen LogP) is 3.94. The van der Waals surface area contributed by atoms with E-state index < -0.39 is 14.9 Å². The molecule has 148 valence electrons. The molecule has 0 heterocycles. The average molecular weight is 462 g/mol. The second-order valence-corrected chi connectivity index (χ2v) is 8.39. The SMILES string of the molecule is O=C(Cc1ccccc1)NC(NC(=S)Nc1cccc([N+](=O)[O-])c1)C(Cl)(Cl)Cl. The number of nitrogens with one attached hydrogen (secondary N) is 3. The average Bonchev–Trinajstić information content (AvgIpc) is 2.61. The first-order valence-corrected chi connectivity index (χ1v) is 9.41. The third-order valence-electron chi connectivity index (χ3n) is 3.43. The highest BCUT2D eigenvalue weighted by atomic mass is 35.6. The number of rotatable bonds is 6. The number of hydrogen-bond acceptors (Lipinski definition) is 4. The molecule has 2 aromatic rings. The lowest BCUT2D eigenvalue weighted by Crippen LogP contribution is -2.56. The quantitative estimate of drug-likeness (QED) is 0.198. The van der Waals surface area contributed by atoms with Crippen LogP contribution in [0, 0.1) is 10.1 Å². The molecule has 2 aromatic carbocycles. The number of anilines is 1. The minimum Gasteiger partial charge on any atom is -0.339 e. The van der Waals surface area contributed by atoms with E-state index in [1.54, 1.807) is 18.2 Å². The molecule has 0 spiro atoms. The van der Waals surface area contributed by atoms with Crippen molar-refractivity contribution < 1.29 is 9.72 Å². The van der Waals surface area contributed by atoms with Crippen LogP contribution in [0.3, 0.4) is 0 Å². The van der Waals surface area contributed by atoms with Gasteiger partial charge in [0, 0.05) is 17.8 Å². The van der Waals surface area contributed by atoms with Crippen molar-refractivity contribution in [2.75, 3.05) is 5.32 Å². The first-order valence-electron chi connectivity index (χ1n) is 7.87. The summed E-state index contributed by atoms with van der Waals surface area (Å²) < 4.78 is -1.90. The van der Waals surface area contributed by atoms with Gasteiger partial charge in [0.15, 0.2) is 5.11 Å². The van der Waals surface area contributed by atoms with Crippen LogP contribution in [-0.2, 0) is 11.2 Å². The smallest absolute Gasteiger partial charge is 0.271 e. The van der Waals surface area contributed by atoms with Crippen molar-refractivity contribution in [3.63, 3.8) is 0 Å². The van der Waals surface area contributed by atoms with Crippen molar-refractivity contribution in [3.8, 4) is 0 Å². The summed E-state index contributed by atoms with van der Waals surface area (Å²) in [5.74, 6) is -0.381. The highest BCUT2D eigenvalue weighted by molar-refractivity contribution is 7.80. The lowest BCUT2D eigenvalue weighted by Gasteiger charge is -2.27. The summed E-state index contributed by atoms with van der Waals surface area (Å²) in [5.41, 5.74) is 1.05. The fraction of sp³-hybridized carbons (Fsp3) is 0.176. The van der Waals surface area contributed by atoms with Crippen molar-refractivity contribution >= 4 is 69.4 Å². The second-order valence-electron chi connectivity index (χ2n) is 5.61. The minimum absolute atomic E-state index is 0.0110. The maximum absolute atomic E-state index is 12.3. The maximum Gasteiger partial charge on any atom is 0.271 e. The molecule has 0 bridgehead atoms. The van der Waals surface area contributed by atoms with E-state index in [0.29, 0.717) is 5.69 Å². The lowest BCUT2D eigenvalue weighted by molar-refractivity contribution is -0.384. The molecule has 0 aliphatic rings. The number of non-ortho nitro benzene ring substituents is 1. The molecule has 0 aliphatic heterocycles. The summed E-state index contributed by atoms with van der Waals surface area (Å²) in [6.45, 7) is 0. The number of carbonyl (C=O) groups is 1. The molecule has 1 amide bonds. The molecule has 1 unspecified atom stereocenters. The summed E-state index contributed by atoms with van der Waals surface area (Å²) in [5, 5.41) is 18.9. The molecular weight excluding hydrogens is 447 g/mol. The zero-order valence-corrected chi connectivity index (χ0v) is 17.3. The number of hydrogen-bond donors (Lipinski definition) is 3. The maximum atomic E-state index is 12.3. The topological polar surface area (TPSA) is 96.3 Å². The van der Waals surface area contributed by atoms with Crippen LogP contribution in [-0.4, -0.2) is 25.9 Å². The molecule has 0 saturated carbocycles. The van der Waals surface area contributed by atoms with Gasteiger partial charge >= 0.3 is 0 Å². The summed E-state index contributed by atoms with van der Waals surface area (Å²) in [4.78, 5) is 22.6. The van der Waals surface area contributed by atoms with Crippen LogP contribution in [0.2, 0.25) is 0 Å². The van der Waals surface area contributed by atoms with Gasteiger partial charge in [-0.15, -0.1) is 0 Å². The number of nitro benzene ring substituents is 1. The Morgan fingerprint density at radius 1 is 1.11 bits per heavy atom. The minimum atomic E-state index is -1.90. The van der Waals surface area contributed by atoms with Gasteiger partial charge in [0.2, 0.25) is 9.70 Å². The zero-order valence-electron chi connectivity index (χ0n) is 14.2. The molecule has 28 heavy (non-hydrogen) atoms. The molecule has 0 saturated heterocycles.